The molecule has 7 nitrogen and oxygen atoms in total. The molecule has 0 aliphatic carbocycles. The monoisotopic (exact) mass is 534 g/mol. The Morgan fingerprint density at radius 1 is 1.33 bits per heavy atom. The summed E-state index contributed by atoms with van der Waals surface area (Å²) < 4.78 is 8.07. The highest BCUT2D eigenvalue weighted by molar-refractivity contribution is 9.11. The van der Waals surface area contributed by atoms with Gasteiger partial charge in [0.2, 0.25) is 0 Å². The van der Waals surface area contributed by atoms with Gasteiger partial charge in [0.05, 0.1) is 28.0 Å². The normalized spacial score (nSPS) is 11.3. The van der Waals surface area contributed by atoms with E-state index in [1.54, 1.807) is 22.8 Å². The number of carbonyl (C=O) groups is 1. The molecule has 0 spiro atoms. The van der Waals surface area contributed by atoms with Crippen LogP contribution >= 0.6 is 55.1 Å². The second kappa shape index (κ2) is 8.47. The number of hydrogen-bond acceptors (Lipinski definition) is 5. The number of aromatic hydroxyl groups is 1. The zero-order chi connectivity index (χ0) is 19.6. The Morgan fingerprint density at radius 3 is 2.67 bits per heavy atom. The van der Waals surface area contributed by atoms with Crippen LogP contribution in [0.5, 0.6) is 5.75 Å². The zero-order valence-electron chi connectivity index (χ0n) is 13.3. The molecule has 0 saturated heterocycles. The fraction of sp³-hybridized carbons (Fsp3) is 0.0625. The fourth-order valence-electron chi connectivity index (χ4n) is 2.09. The molecule has 0 radical (unpaired) electrons. The van der Waals surface area contributed by atoms with Crippen molar-refractivity contribution in [2.24, 2.45) is 5.10 Å². The van der Waals surface area contributed by atoms with E-state index in [0.717, 1.165) is 0 Å². The first-order chi connectivity index (χ1) is 12.8. The van der Waals surface area contributed by atoms with E-state index in [1.165, 1.54) is 18.6 Å². The van der Waals surface area contributed by atoms with E-state index >= 15 is 0 Å². The number of aromatic nitrogens is 2. The third kappa shape index (κ3) is 4.73. The summed E-state index contributed by atoms with van der Waals surface area (Å²) >= 11 is 18.2. The van der Waals surface area contributed by atoms with Gasteiger partial charge in [-0.2, -0.15) is 5.10 Å². The maximum atomic E-state index is 12.1. The zero-order valence-corrected chi connectivity index (χ0v) is 18.0. The molecular formula is C16H10Br2Cl2N4O3. The first-order valence-corrected chi connectivity index (χ1v) is 9.65. The Balaban J connectivity index is 1.63. The number of hydrazone groups is 1. The average Bonchev–Trinajstić information content (AvgIpc) is 3.22. The standard InChI is InChI=1S/C16H10Br2Cl2N4O3/c17-10-3-8(4-11(18)13(10)25)5-22-23-16(26)12-2-1-9(27-12)6-24-7-21-14(19)15(24)20/h1-5,7,25H,6H2,(H,23,26)/b22-5+. The molecule has 2 N–H and O–H groups in total. The van der Waals surface area contributed by atoms with Crippen LogP contribution < -0.4 is 5.43 Å². The number of phenolic OH excluding ortho intramolecular Hbond substituents is 1. The van der Waals surface area contributed by atoms with Crippen LogP contribution in [0.25, 0.3) is 0 Å². The van der Waals surface area contributed by atoms with Crippen molar-refractivity contribution in [2.75, 3.05) is 0 Å². The van der Waals surface area contributed by atoms with E-state index in [1.807, 2.05) is 0 Å². The number of benzene rings is 1. The maximum Gasteiger partial charge on any atom is 0.307 e. The summed E-state index contributed by atoms with van der Waals surface area (Å²) in [5.41, 5.74) is 3.04. The van der Waals surface area contributed by atoms with E-state index in [9.17, 15) is 9.90 Å². The Labute approximate surface area is 180 Å². The van der Waals surface area contributed by atoms with Gasteiger partial charge in [-0.05, 0) is 61.7 Å². The van der Waals surface area contributed by atoms with Crippen LogP contribution in [0.1, 0.15) is 21.9 Å². The third-order valence-corrected chi connectivity index (χ3v) is 5.34. The minimum absolute atomic E-state index is 0.0820. The molecule has 0 saturated carbocycles. The smallest absolute Gasteiger partial charge is 0.307 e. The maximum absolute atomic E-state index is 12.1. The van der Waals surface area contributed by atoms with E-state index < -0.39 is 5.91 Å². The minimum Gasteiger partial charge on any atom is -0.506 e. The lowest BCUT2D eigenvalue weighted by atomic mass is 10.2. The molecule has 0 atom stereocenters. The van der Waals surface area contributed by atoms with Gasteiger partial charge in [-0.15, -0.1) is 0 Å². The van der Waals surface area contributed by atoms with Crippen LogP contribution in [0.3, 0.4) is 0 Å². The van der Waals surface area contributed by atoms with Gasteiger partial charge in [0.25, 0.3) is 0 Å². The van der Waals surface area contributed by atoms with Crippen molar-refractivity contribution in [1.82, 2.24) is 15.0 Å². The van der Waals surface area contributed by atoms with Gasteiger partial charge in [-0.1, -0.05) is 23.2 Å². The predicted octanol–water partition coefficient (Wildman–Crippen LogP) is 4.83. The summed E-state index contributed by atoms with van der Waals surface area (Å²) in [6.07, 6.45) is 2.91. The SMILES string of the molecule is O=C(N/N=C/c1cc(Br)c(O)c(Br)c1)c1ccc(Cn2cnc(Cl)c2Cl)o1. The molecule has 3 rings (SSSR count). The van der Waals surface area contributed by atoms with Crippen molar-refractivity contribution in [1.29, 1.82) is 0 Å². The van der Waals surface area contributed by atoms with Gasteiger partial charge in [0, 0.05) is 0 Å². The van der Waals surface area contributed by atoms with Crippen molar-refractivity contribution in [2.45, 2.75) is 6.54 Å². The number of carbonyl (C=O) groups excluding carboxylic acids is 1. The summed E-state index contributed by atoms with van der Waals surface area (Å²) in [7, 11) is 0. The van der Waals surface area contributed by atoms with Crippen molar-refractivity contribution in [3.8, 4) is 5.75 Å². The summed E-state index contributed by atoms with van der Waals surface area (Å²) in [6, 6.07) is 6.49. The lowest BCUT2D eigenvalue weighted by Crippen LogP contribution is -2.16. The number of nitrogens with zero attached hydrogens (tertiary/aromatic N) is 3. The number of hydrogen-bond donors (Lipinski definition) is 2. The van der Waals surface area contributed by atoms with E-state index in [0.29, 0.717) is 20.3 Å². The molecule has 3 aromatic rings. The highest BCUT2D eigenvalue weighted by atomic mass is 79.9. The quantitative estimate of drug-likeness (QED) is 0.361. The number of phenols is 1. The van der Waals surface area contributed by atoms with Gasteiger partial charge >= 0.3 is 5.91 Å². The molecule has 0 bridgehead atoms. The molecule has 0 aliphatic heterocycles. The van der Waals surface area contributed by atoms with E-state index in [4.69, 9.17) is 27.6 Å². The van der Waals surface area contributed by atoms with Gasteiger partial charge in [-0.3, -0.25) is 4.79 Å². The molecule has 2 aromatic heterocycles. The Bertz CT molecular complexity index is 1010. The van der Waals surface area contributed by atoms with Crippen LogP contribution in [0.2, 0.25) is 10.3 Å². The molecule has 0 unspecified atom stereocenters. The lowest BCUT2D eigenvalue weighted by Gasteiger charge is -2.02. The number of imidazole rings is 1. The number of furan rings is 1. The summed E-state index contributed by atoms with van der Waals surface area (Å²) in [5.74, 6) is 0.173. The molecule has 140 valence electrons. The van der Waals surface area contributed by atoms with Crippen LogP contribution in [0, 0.1) is 0 Å². The van der Waals surface area contributed by atoms with Crippen LogP contribution in [-0.2, 0) is 6.54 Å². The van der Waals surface area contributed by atoms with Gasteiger partial charge < -0.3 is 14.1 Å². The van der Waals surface area contributed by atoms with Gasteiger partial charge in [0.15, 0.2) is 10.9 Å². The Kier molecular flexibility index (Phi) is 6.25. The van der Waals surface area contributed by atoms with Crippen molar-refractivity contribution in [3.63, 3.8) is 0 Å². The first kappa shape index (κ1) is 19.9. The molecule has 1 aromatic carbocycles. The molecule has 1 amide bonds. The van der Waals surface area contributed by atoms with Crippen LogP contribution in [0.4, 0.5) is 0 Å². The number of rotatable bonds is 5. The lowest BCUT2D eigenvalue weighted by molar-refractivity contribution is 0.0925. The number of nitrogens with one attached hydrogen (secondary N) is 1. The van der Waals surface area contributed by atoms with Crippen molar-refractivity contribution >= 4 is 67.2 Å². The van der Waals surface area contributed by atoms with Crippen molar-refractivity contribution < 1.29 is 14.3 Å². The number of halogens is 4. The van der Waals surface area contributed by atoms with Gasteiger partial charge in [-0.25, -0.2) is 10.4 Å². The predicted molar refractivity (Wildman–Crippen MR) is 109 cm³/mol. The largest absolute Gasteiger partial charge is 0.506 e. The van der Waals surface area contributed by atoms with Crippen LogP contribution in [0.15, 0.2) is 49.1 Å². The fourth-order valence-corrected chi connectivity index (χ4v) is 3.61. The van der Waals surface area contributed by atoms with Crippen molar-refractivity contribution in [3.05, 3.63) is 66.9 Å². The summed E-state index contributed by atoms with van der Waals surface area (Å²) in [6.45, 7) is 0.282. The molecule has 27 heavy (non-hydrogen) atoms. The molecule has 2 heterocycles. The van der Waals surface area contributed by atoms with E-state index in [2.05, 4.69) is 47.4 Å². The highest BCUT2D eigenvalue weighted by Crippen LogP contribution is 2.32. The topological polar surface area (TPSA) is 92.7 Å². The minimum atomic E-state index is -0.510. The summed E-state index contributed by atoms with van der Waals surface area (Å²) in [4.78, 5) is 16.0. The molecule has 0 aliphatic rings. The Hall–Kier alpha value is -1.81. The first-order valence-electron chi connectivity index (χ1n) is 7.31. The average molecular weight is 537 g/mol. The second-order valence-electron chi connectivity index (χ2n) is 5.25. The van der Waals surface area contributed by atoms with E-state index in [-0.39, 0.29) is 28.4 Å². The molecular weight excluding hydrogens is 527 g/mol. The van der Waals surface area contributed by atoms with Gasteiger partial charge in [0.1, 0.15) is 16.7 Å². The summed E-state index contributed by atoms with van der Waals surface area (Å²) in [5, 5.41) is 14.0. The van der Waals surface area contributed by atoms with Crippen LogP contribution in [-0.4, -0.2) is 26.8 Å². The Morgan fingerprint density at radius 2 is 2.04 bits per heavy atom. The molecule has 0 fully saturated rings. The highest BCUT2D eigenvalue weighted by Gasteiger charge is 2.13. The number of amides is 1. The third-order valence-electron chi connectivity index (χ3n) is 3.36. The molecule has 11 heteroatoms. The second-order valence-corrected chi connectivity index (χ2v) is 7.68.